The Morgan fingerprint density at radius 2 is 0.927 bits per heavy atom. The molecule has 2 nitrogen and oxygen atoms in total. The highest BCUT2D eigenvalue weighted by molar-refractivity contribution is 6.25. The molecule has 0 N–H and O–H groups in total. The Morgan fingerprint density at radius 1 is 0.439 bits per heavy atom. The summed E-state index contributed by atoms with van der Waals surface area (Å²) in [7, 11) is 0. The Balaban J connectivity index is 1.53. The van der Waals surface area contributed by atoms with Crippen LogP contribution in [0, 0.1) is 13.8 Å². The fraction of sp³-hybridized carbons (Fsp3) is 0.0513. The summed E-state index contributed by atoms with van der Waals surface area (Å²) < 4.78 is 2.08. The summed E-state index contributed by atoms with van der Waals surface area (Å²) in [5.74, 6) is 0. The van der Waals surface area contributed by atoms with E-state index in [1.807, 2.05) is 6.07 Å². The number of nitrogens with zero attached hydrogens (tertiary/aromatic N) is 2. The molecule has 0 radical (unpaired) electrons. The van der Waals surface area contributed by atoms with E-state index in [1.54, 1.807) is 0 Å². The maximum Gasteiger partial charge on any atom is 0.0679 e. The molecule has 2 heteroatoms. The zero-order valence-electron chi connectivity index (χ0n) is 23.1. The van der Waals surface area contributed by atoms with Gasteiger partial charge in [-0.05, 0) is 86.3 Å². The van der Waals surface area contributed by atoms with Gasteiger partial charge < -0.3 is 0 Å². The van der Waals surface area contributed by atoms with Crippen LogP contribution in [0.2, 0.25) is 0 Å². The average Bonchev–Trinajstić information content (AvgIpc) is 3.33. The van der Waals surface area contributed by atoms with Crippen LogP contribution < -0.4 is 0 Å². The van der Waals surface area contributed by atoms with E-state index in [2.05, 4.69) is 146 Å². The number of aromatic nitrogens is 2. The highest BCUT2D eigenvalue weighted by Gasteiger charge is 2.23. The van der Waals surface area contributed by atoms with Crippen molar-refractivity contribution in [3.8, 4) is 27.9 Å². The maximum absolute atomic E-state index is 5.04. The van der Waals surface area contributed by atoms with Crippen LogP contribution >= 0.6 is 0 Å². The Morgan fingerprint density at radius 3 is 1.56 bits per heavy atom. The minimum absolute atomic E-state index is 1.03. The largest absolute Gasteiger partial charge is 0.237 e. The van der Waals surface area contributed by atoms with Gasteiger partial charge in [0.2, 0.25) is 0 Å². The van der Waals surface area contributed by atoms with Gasteiger partial charge in [-0.15, -0.1) is 0 Å². The van der Waals surface area contributed by atoms with Crippen molar-refractivity contribution >= 4 is 43.1 Å². The van der Waals surface area contributed by atoms with E-state index in [9.17, 15) is 0 Å². The van der Waals surface area contributed by atoms with Crippen molar-refractivity contribution in [3.63, 3.8) is 0 Å². The summed E-state index contributed by atoms with van der Waals surface area (Å²) >= 11 is 0. The number of hydrogen-bond donors (Lipinski definition) is 0. The van der Waals surface area contributed by atoms with E-state index < -0.39 is 0 Å². The van der Waals surface area contributed by atoms with Crippen LogP contribution in [0.5, 0.6) is 0 Å². The van der Waals surface area contributed by atoms with E-state index in [4.69, 9.17) is 5.10 Å². The fourth-order valence-corrected chi connectivity index (χ4v) is 6.77. The van der Waals surface area contributed by atoms with E-state index in [-0.39, 0.29) is 0 Å². The van der Waals surface area contributed by atoms with Gasteiger partial charge in [-0.2, -0.15) is 5.10 Å². The van der Waals surface area contributed by atoms with Gasteiger partial charge in [0.25, 0.3) is 0 Å². The van der Waals surface area contributed by atoms with Gasteiger partial charge in [-0.25, -0.2) is 4.68 Å². The fourth-order valence-electron chi connectivity index (χ4n) is 6.77. The Hall–Kier alpha value is -5.21. The van der Waals surface area contributed by atoms with Gasteiger partial charge in [-0.1, -0.05) is 115 Å². The topological polar surface area (TPSA) is 17.8 Å². The zero-order chi connectivity index (χ0) is 27.5. The Labute approximate surface area is 239 Å². The second-order valence-corrected chi connectivity index (χ2v) is 10.8. The Bertz CT molecular complexity index is 2220. The van der Waals surface area contributed by atoms with Crippen LogP contribution in [-0.2, 0) is 0 Å². The van der Waals surface area contributed by atoms with Crippen LogP contribution in [0.15, 0.2) is 133 Å². The van der Waals surface area contributed by atoms with Crippen LogP contribution in [0.4, 0.5) is 0 Å². The Kier molecular flexibility index (Phi) is 5.30. The molecule has 0 saturated carbocycles. The molecule has 8 rings (SSSR count). The van der Waals surface area contributed by atoms with Crippen molar-refractivity contribution < 1.29 is 0 Å². The number of rotatable bonds is 3. The number of fused-ring (bicyclic) bond motifs is 5. The van der Waals surface area contributed by atoms with Crippen molar-refractivity contribution in [2.75, 3.05) is 0 Å². The molecule has 1 aromatic heterocycles. The molecule has 0 amide bonds. The van der Waals surface area contributed by atoms with Gasteiger partial charge in [0.15, 0.2) is 0 Å². The molecule has 8 aromatic rings. The third-order valence-electron chi connectivity index (χ3n) is 8.51. The SMILES string of the molecule is Cc1nn(-c2ccccc2)c(C)c1-c1c2ccccc2c(-c2cc3ccccc3c3ccccc23)c2ccccc12. The lowest BCUT2D eigenvalue weighted by atomic mass is 9.83. The van der Waals surface area contributed by atoms with Crippen LogP contribution in [0.25, 0.3) is 71.0 Å². The molecule has 0 atom stereocenters. The molecule has 0 aliphatic heterocycles. The molecule has 194 valence electrons. The van der Waals surface area contributed by atoms with Gasteiger partial charge in [0.05, 0.1) is 11.4 Å². The lowest BCUT2D eigenvalue weighted by Crippen LogP contribution is -1.98. The lowest BCUT2D eigenvalue weighted by Gasteiger charge is -2.19. The molecule has 0 aliphatic rings. The highest BCUT2D eigenvalue weighted by Crippen LogP contribution is 2.47. The number of aryl methyl sites for hydroxylation is 1. The van der Waals surface area contributed by atoms with E-state index >= 15 is 0 Å². The van der Waals surface area contributed by atoms with Crippen molar-refractivity contribution in [3.05, 3.63) is 145 Å². The quantitative estimate of drug-likeness (QED) is 0.166. The molecule has 0 bridgehead atoms. The summed E-state index contributed by atoms with van der Waals surface area (Å²) in [4.78, 5) is 0. The summed E-state index contributed by atoms with van der Waals surface area (Å²) in [5.41, 5.74) is 8.27. The molecule has 0 fully saturated rings. The highest BCUT2D eigenvalue weighted by atomic mass is 15.3. The van der Waals surface area contributed by atoms with Gasteiger partial charge in [-0.3, -0.25) is 0 Å². The van der Waals surface area contributed by atoms with Gasteiger partial charge in [0, 0.05) is 16.8 Å². The maximum atomic E-state index is 5.04. The third-order valence-corrected chi connectivity index (χ3v) is 8.51. The van der Waals surface area contributed by atoms with Crippen molar-refractivity contribution in [2.45, 2.75) is 13.8 Å². The summed E-state index contributed by atoms with van der Waals surface area (Å²) in [6.07, 6.45) is 0. The molecule has 0 aliphatic carbocycles. The first-order valence-corrected chi connectivity index (χ1v) is 14.2. The predicted molar refractivity (Wildman–Crippen MR) is 174 cm³/mol. The standard InChI is InChI=1S/C39H28N2/c1-25-37(26(2)41(40-25)28-15-4-3-5-16-28)39-34-22-12-10-20-32(34)38(33-21-11-13-23-35(33)39)36-24-27-14-6-7-17-29(27)30-18-8-9-19-31(30)36/h3-24H,1-2H3. The number of para-hydroxylation sites is 1. The summed E-state index contributed by atoms with van der Waals surface area (Å²) in [6, 6.07) is 48.2. The normalized spacial score (nSPS) is 11.7. The minimum atomic E-state index is 1.03. The summed E-state index contributed by atoms with van der Waals surface area (Å²) in [5, 5.41) is 15.2. The van der Waals surface area contributed by atoms with Crippen molar-refractivity contribution in [1.82, 2.24) is 9.78 Å². The lowest BCUT2D eigenvalue weighted by molar-refractivity contribution is 0.834. The molecular formula is C39H28N2. The van der Waals surface area contributed by atoms with Crippen molar-refractivity contribution in [2.24, 2.45) is 0 Å². The molecule has 41 heavy (non-hydrogen) atoms. The molecule has 7 aromatic carbocycles. The molecule has 0 saturated heterocycles. The van der Waals surface area contributed by atoms with Crippen LogP contribution in [0.3, 0.4) is 0 Å². The first kappa shape index (κ1) is 23.7. The van der Waals surface area contributed by atoms with Gasteiger partial charge in [0.1, 0.15) is 0 Å². The smallest absolute Gasteiger partial charge is 0.0679 e. The monoisotopic (exact) mass is 524 g/mol. The van der Waals surface area contributed by atoms with Crippen LogP contribution in [0.1, 0.15) is 11.4 Å². The molecule has 0 unspecified atom stereocenters. The van der Waals surface area contributed by atoms with Crippen molar-refractivity contribution in [1.29, 1.82) is 0 Å². The first-order valence-electron chi connectivity index (χ1n) is 14.2. The summed E-state index contributed by atoms with van der Waals surface area (Å²) in [6.45, 7) is 4.33. The van der Waals surface area contributed by atoms with E-state index in [0.29, 0.717) is 0 Å². The van der Waals surface area contributed by atoms with E-state index in [0.717, 1.165) is 17.1 Å². The zero-order valence-corrected chi connectivity index (χ0v) is 23.1. The molecule has 1 heterocycles. The second kappa shape index (κ2) is 9.18. The molecular weight excluding hydrogens is 496 g/mol. The predicted octanol–water partition coefficient (Wildman–Crippen LogP) is 10.4. The average molecular weight is 525 g/mol. The van der Waals surface area contributed by atoms with Crippen LogP contribution in [-0.4, -0.2) is 9.78 Å². The molecule has 0 spiro atoms. The number of benzene rings is 7. The first-order chi connectivity index (χ1) is 20.2. The third kappa shape index (κ3) is 3.54. The van der Waals surface area contributed by atoms with E-state index in [1.165, 1.54) is 65.3 Å². The van der Waals surface area contributed by atoms with Gasteiger partial charge >= 0.3 is 0 Å². The minimum Gasteiger partial charge on any atom is -0.237 e. The second-order valence-electron chi connectivity index (χ2n) is 10.8. The number of hydrogen-bond acceptors (Lipinski definition) is 1.